The summed E-state index contributed by atoms with van der Waals surface area (Å²) in [4.78, 5) is 9.67. The highest BCUT2D eigenvalue weighted by Gasteiger charge is 2.32. The average molecular weight is 357 g/mol. The molecule has 2 atom stereocenters. The molecule has 138 valence electrons. The van der Waals surface area contributed by atoms with Crippen molar-refractivity contribution in [3.8, 4) is 0 Å². The van der Waals surface area contributed by atoms with Crippen LogP contribution in [0.5, 0.6) is 0 Å². The summed E-state index contributed by atoms with van der Waals surface area (Å²) in [5, 5.41) is 13.9. The molecule has 3 saturated heterocycles. The number of aliphatic imine (C=N–C) groups is 1. The van der Waals surface area contributed by atoms with E-state index < -0.39 is 5.60 Å². The second kappa shape index (κ2) is 8.74. The molecule has 24 heavy (non-hydrogen) atoms. The van der Waals surface area contributed by atoms with Gasteiger partial charge in [0.25, 0.3) is 0 Å². The normalized spacial score (nSPS) is 32.5. The van der Waals surface area contributed by atoms with Gasteiger partial charge in [-0.3, -0.25) is 9.89 Å². The summed E-state index contributed by atoms with van der Waals surface area (Å²) in [6.07, 6.45) is 2.09. The number of hydrogen-bond donors (Lipinski definition) is 2. The van der Waals surface area contributed by atoms with Crippen LogP contribution in [0.4, 0.5) is 0 Å². The average Bonchev–Trinajstić information content (AvgIpc) is 3.22. The summed E-state index contributed by atoms with van der Waals surface area (Å²) in [5.41, 5.74) is -0.599. The molecule has 0 amide bonds. The summed E-state index contributed by atoms with van der Waals surface area (Å²) >= 11 is 1.83. The van der Waals surface area contributed by atoms with Gasteiger partial charge in [0, 0.05) is 45.0 Å². The van der Waals surface area contributed by atoms with Crippen LogP contribution in [-0.2, 0) is 4.74 Å². The molecule has 2 N–H and O–H groups in total. The number of rotatable bonds is 5. The Kier molecular flexibility index (Phi) is 6.66. The molecule has 3 fully saturated rings. The summed E-state index contributed by atoms with van der Waals surface area (Å²) in [6.45, 7) is 10.7. The van der Waals surface area contributed by atoms with E-state index in [-0.39, 0.29) is 0 Å². The summed E-state index contributed by atoms with van der Waals surface area (Å²) in [7, 11) is 0. The third-order valence-electron chi connectivity index (χ3n) is 5.15. The molecule has 0 aromatic heterocycles. The van der Waals surface area contributed by atoms with Crippen molar-refractivity contribution in [2.45, 2.75) is 25.4 Å². The van der Waals surface area contributed by atoms with Crippen LogP contribution >= 0.6 is 11.8 Å². The fourth-order valence-corrected chi connectivity index (χ4v) is 4.98. The Bertz CT molecular complexity index is 423. The van der Waals surface area contributed by atoms with Gasteiger partial charge in [0.1, 0.15) is 0 Å². The monoisotopic (exact) mass is 356 g/mol. The van der Waals surface area contributed by atoms with Crippen molar-refractivity contribution in [3.05, 3.63) is 0 Å². The van der Waals surface area contributed by atoms with E-state index >= 15 is 0 Å². The van der Waals surface area contributed by atoms with Gasteiger partial charge in [-0.1, -0.05) is 0 Å². The van der Waals surface area contributed by atoms with E-state index in [1.165, 1.54) is 13.0 Å². The molecular formula is C17H32N4O2S. The predicted molar refractivity (Wildman–Crippen MR) is 99.8 cm³/mol. The highest BCUT2D eigenvalue weighted by atomic mass is 32.2. The zero-order chi connectivity index (χ0) is 16.8. The first-order valence-electron chi connectivity index (χ1n) is 9.32. The van der Waals surface area contributed by atoms with Gasteiger partial charge in [0.15, 0.2) is 5.96 Å². The summed E-state index contributed by atoms with van der Waals surface area (Å²) in [6, 6.07) is 0. The van der Waals surface area contributed by atoms with Crippen molar-refractivity contribution < 1.29 is 9.84 Å². The Hall–Kier alpha value is -0.500. The van der Waals surface area contributed by atoms with Gasteiger partial charge in [0.05, 0.1) is 25.4 Å². The summed E-state index contributed by atoms with van der Waals surface area (Å²) < 4.78 is 5.44. The van der Waals surface area contributed by atoms with Crippen LogP contribution in [0.2, 0.25) is 0 Å². The maximum atomic E-state index is 10.5. The van der Waals surface area contributed by atoms with Crippen molar-refractivity contribution in [2.24, 2.45) is 10.9 Å². The number of morpholine rings is 1. The Morgan fingerprint density at radius 2 is 2.21 bits per heavy atom. The van der Waals surface area contributed by atoms with Crippen LogP contribution in [0, 0.1) is 5.92 Å². The van der Waals surface area contributed by atoms with Gasteiger partial charge in [-0.15, -0.1) is 0 Å². The molecular weight excluding hydrogens is 324 g/mol. The molecule has 2 unspecified atom stereocenters. The zero-order valence-electron chi connectivity index (χ0n) is 14.9. The van der Waals surface area contributed by atoms with E-state index in [1.54, 1.807) is 0 Å². The highest BCUT2D eigenvalue weighted by molar-refractivity contribution is 7.99. The van der Waals surface area contributed by atoms with Crippen molar-refractivity contribution in [1.82, 2.24) is 15.1 Å². The van der Waals surface area contributed by atoms with E-state index in [0.717, 1.165) is 69.8 Å². The number of nitrogens with zero attached hydrogens (tertiary/aromatic N) is 3. The lowest BCUT2D eigenvalue weighted by Gasteiger charge is -2.29. The second-order valence-corrected chi connectivity index (χ2v) is 8.32. The van der Waals surface area contributed by atoms with Crippen LogP contribution < -0.4 is 5.32 Å². The molecule has 0 bridgehead atoms. The molecule has 0 radical (unpaired) electrons. The number of thioether (sulfide) groups is 1. The minimum Gasteiger partial charge on any atom is -0.387 e. The van der Waals surface area contributed by atoms with Crippen LogP contribution in [0.3, 0.4) is 0 Å². The largest absolute Gasteiger partial charge is 0.387 e. The second-order valence-electron chi connectivity index (χ2n) is 7.21. The molecule has 7 heteroatoms. The lowest BCUT2D eigenvalue weighted by Crippen LogP contribution is -2.43. The molecule has 0 aromatic rings. The molecule has 3 aliphatic heterocycles. The predicted octanol–water partition coefficient (Wildman–Crippen LogP) is 0.474. The molecule has 0 spiro atoms. The van der Waals surface area contributed by atoms with Crippen molar-refractivity contribution in [1.29, 1.82) is 0 Å². The first kappa shape index (κ1) is 18.3. The van der Waals surface area contributed by atoms with Gasteiger partial charge in [-0.05, 0) is 31.4 Å². The molecule has 3 heterocycles. The first-order chi connectivity index (χ1) is 11.7. The van der Waals surface area contributed by atoms with Gasteiger partial charge < -0.3 is 20.1 Å². The minimum absolute atomic E-state index is 0.521. The smallest absolute Gasteiger partial charge is 0.194 e. The van der Waals surface area contributed by atoms with Crippen LogP contribution in [0.15, 0.2) is 4.99 Å². The molecule has 3 aliphatic rings. The van der Waals surface area contributed by atoms with E-state index in [9.17, 15) is 5.11 Å². The lowest BCUT2D eigenvalue weighted by molar-refractivity contribution is 0.0315. The van der Waals surface area contributed by atoms with Crippen molar-refractivity contribution in [2.75, 3.05) is 70.5 Å². The van der Waals surface area contributed by atoms with E-state index in [0.29, 0.717) is 12.5 Å². The fourth-order valence-electron chi connectivity index (χ4n) is 3.69. The number of ether oxygens (including phenoxy) is 1. The Labute approximate surface area is 150 Å². The Balaban J connectivity index is 1.52. The molecule has 0 aromatic carbocycles. The van der Waals surface area contributed by atoms with Crippen molar-refractivity contribution in [3.63, 3.8) is 0 Å². The number of nitrogens with one attached hydrogen (secondary N) is 1. The standard InChI is InChI=1S/C17H32N4O2S/c1-2-18-16(19-13-17(22)4-10-24-14-17)21-5-3-15(12-21)11-20-6-8-23-9-7-20/h15,22H,2-14H2,1H3,(H,18,19). The van der Waals surface area contributed by atoms with E-state index in [1.807, 2.05) is 11.8 Å². The number of hydrogen-bond acceptors (Lipinski definition) is 5. The van der Waals surface area contributed by atoms with Crippen LogP contribution in [0.25, 0.3) is 0 Å². The van der Waals surface area contributed by atoms with Crippen LogP contribution in [0.1, 0.15) is 19.8 Å². The zero-order valence-corrected chi connectivity index (χ0v) is 15.7. The van der Waals surface area contributed by atoms with Gasteiger partial charge in [-0.2, -0.15) is 11.8 Å². The minimum atomic E-state index is -0.599. The number of guanidine groups is 1. The van der Waals surface area contributed by atoms with Crippen molar-refractivity contribution >= 4 is 17.7 Å². The number of likely N-dealkylation sites (tertiary alicyclic amines) is 1. The third kappa shape index (κ3) is 5.00. The first-order valence-corrected chi connectivity index (χ1v) is 10.5. The van der Waals surface area contributed by atoms with Crippen LogP contribution in [-0.4, -0.2) is 97.0 Å². The molecule has 6 nitrogen and oxygen atoms in total. The Morgan fingerprint density at radius 3 is 2.92 bits per heavy atom. The van der Waals surface area contributed by atoms with E-state index in [2.05, 4.69) is 22.0 Å². The van der Waals surface area contributed by atoms with Gasteiger partial charge in [-0.25, -0.2) is 0 Å². The van der Waals surface area contributed by atoms with Gasteiger partial charge >= 0.3 is 0 Å². The maximum absolute atomic E-state index is 10.5. The van der Waals surface area contributed by atoms with Gasteiger partial charge in [0.2, 0.25) is 0 Å². The topological polar surface area (TPSA) is 60.3 Å². The Morgan fingerprint density at radius 1 is 1.38 bits per heavy atom. The molecule has 3 rings (SSSR count). The van der Waals surface area contributed by atoms with E-state index in [4.69, 9.17) is 9.73 Å². The number of aliphatic hydroxyl groups is 1. The SMILES string of the molecule is CCNC(=NCC1(O)CCSC1)N1CCC(CN2CCOCC2)C1. The quantitative estimate of drug-likeness (QED) is 0.552. The maximum Gasteiger partial charge on any atom is 0.194 e. The lowest BCUT2D eigenvalue weighted by atomic mass is 10.1. The summed E-state index contributed by atoms with van der Waals surface area (Å²) in [5.74, 6) is 3.55. The fraction of sp³-hybridized carbons (Fsp3) is 0.941. The molecule has 0 saturated carbocycles. The highest BCUT2D eigenvalue weighted by Crippen LogP contribution is 2.28. The molecule has 0 aliphatic carbocycles. The third-order valence-corrected chi connectivity index (χ3v) is 6.38.